The summed E-state index contributed by atoms with van der Waals surface area (Å²) in [4.78, 5) is 14.3. The topological polar surface area (TPSA) is 20.3 Å². The molecule has 2 nitrogen and oxygen atoms in total. The van der Waals surface area contributed by atoms with Crippen molar-refractivity contribution in [2.24, 2.45) is 0 Å². The van der Waals surface area contributed by atoms with E-state index in [4.69, 9.17) is 11.6 Å². The van der Waals surface area contributed by atoms with E-state index in [1.54, 1.807) is 0 Å². The Morgan fingerprint density at radius 2 is 1.95 bits per heavy atom. The minimum absolute atomic E-state index is 0.113. The number of β-lactam (4-membered cyclic amide) rings is 1. The van der Waals surface area contributed by atoms with E-state index in [2.05, 4.69) is 26.0 Å². The van der Waals surface area contributed by atoms with E-state index in [9.17, 15) is 4.79 Å². The lowest BCUT2D eigenvalue weighted by molar-refractivity contribution is -0.138. The zero-order valence-corrected chi connectivity index (χ0v) is 13.0. The molecule has 1 saturated heterocycles. The SMILES string of the molecule is CCCC/C(Cl)=C1\C(=O)N(Cc2ccccc2)[C@H]1CC. The van der Waals surface area contributed by atoms with Gasteiger partial charge in [-0.25, -0.2) is 0 Å². The molecule has 1 heterocycles. The van der Waals surface area contributed by atoms with E-state index in [1.807, 2.05) is 23.1 Å². The Balaban J connectivity index is 2.09. The number of rotatable bonds is 6. The first-order valence-electron chi connectivity index (χ1n) is 7.42. The number of hydrogen-bond acceptors (Lipinski definition) is 1. The average Bonchev–Trinajstić information content (AvgIpc) is 2.48. The van der Waals surface area contributed by atoms with Crippen LogP contribution in [0.1, 0.15) is 45.1 Å². The molecule has 0 N–H and O–H groups in total. The predicted molar refractivity (Wildman–Crippen MR) is 83.5 cm³/mol. The van der Waals surface area contributed by atoms with E-state index in [0.717, 1.165) is 36.3 Å². The van der Waals surface area contributed by atoms with E-state index in [1.165, 1.54) is 5.56 Å². The quantitative estimate of drug-likeness (QED) is 0.558. The van der Waals surface area contributed by atoms with Crippen LogP contribution in [0.2, 0.25) is 0 Å². The Morgan fingerprint density at radius 3 is 2.55 bits per heavy atom. The first kappa shape index (κ1) is 15.1. The van der Waals surface area contributed by atoms with Gasteiger partial charge in [-0.2, -0.15) is 0 Å². The van der Waals surface area contributed by atoms with Crippen LogP contribution in [0.15, 0.2) is 40.9 Å². The van der Waals surface area contributed by atoms with Crippen molar-refractivity contribution >= 4 is 17.5 Å². The lowest BCUT2D eigenvalue weighted by Crippen LogP contribution is -2.54. The fraction of sp³-hybridized carbons (Fsp3) is 0.471. The third kappa shape index (κ3) is 3.06. The lowest BCUT2D eigenvalue weighted by atomic mass is 9.90. The van der Waals surface area contributed by atoms with Crippen LogP contribution in [0.25, 0.3) is 0 Å². The molecule has 1 aliphatic heterocycles. The van der Waals surface area contributed by atoms with Gasteiger partial charge < -0.3 is 4.90 Å². The van der Waals surface area contributed by atoms with Gasteiger partial charge in [-0.3, -0.25) is 4.79 Å². The zero-order valence-electron chi connectivity index (χ0n) is 12.2. The molecule has 20 heavy (non-hydrogen) atoms. The Morgan fingerprint density at radius 1 is 1.25 bits per heavy atom. The second kappa shape index (κ2) is 6.94. The molecule has 0 radical (unpaired) electrons. The maximum absolute atomic E-state index is 12.3. The van der Waals surface area contributed by atoms with Gasteiger partial charge in [-0.05, 0) is 24.8 Å². The maximum atomic E-state index is 12.3. The third-order valence-electron chi connectivity index (χ3n) is 3.83. The predicted octanol–water partition coefficient (Wildman–Crippen LogP) is 4.49. The minimum atomic E-state index is 0.113. The van der Waals surface area contributed by atoms with E-state index in [0.29, 0.717) is 6.54 Å². The van der Waals surface area contributed by atoms with Crippen molar-refractivity contribution in [1.82, 2.24) is 4.90 Å². The molecule has 0 unspecified atom stereocenters. The summed E-state index contributed by atoms with van der Waals surface area (Å²) in [6, 6.07) is 10.3. The Kier molecular flexibility index (Phi) is 5.24. The number of benzene rings is 1. The van der Waals surface area contributed by atoms with Crippen LogP contribution in [-0.2, 0) is 11.3 Å². The standard InChI is InChI=1S/C17H22ClNO/c1-3-5-11-14(18)16-15(4-2)19(17(16)20)12-13-9-7-6-8-10-13/h6-10,15H,3-5,11-12H2,1-2H3/b16-14+/t15-/m0/s1. The number of halogens is 1. The molecule has 3 heteroatoms. The fourth-order valence-corrected chi connectivity index (χ4v) is 3.02. The summed E-state index contributed by atoms with van der Waals surface area (Å²) in [6.07, 6.45) is 3.90. The van der Waals surface area contributed by atoms with Gasteiger partial charge >= 0.3 is 0 Å². The van der Waals surface area contributed by atoms with E-state index < -0.39 is 0 Å². The molecule has 0 bridgehead atoms. The summed E-state index contributed by atoms with van der Waals surface area (Å²) in [5, 5.41) is 0.771. The molecule has 1 aromatic carbocycles. The first-order chi connectivity index (χ1) is 9.69. The highest BCUT2D eigenvalue weighted by Gasteiger charge is 2.42. The molecule has 0 aromatic heterocycles. The molecule has 108 valence electrons. The second-order valence-electron chi connectivity index (χ2n) is 5.26. The van der Waals surface area contributed by atoms with Crippen LogP contribution in [0.5, 0.6) is 0 Å². The van der Waals surface area contributed by atoms with Crippen molar-refractivity contribution in [3.8, 4) is 0 Å². The molecular weight excluding hydrogens is 270 g/mol. The van der Waals surface area contributed by atoms with Crippen molar-refractivity contribution in [3.05, 3.63) is 46.5 Å². The normalized spacial score (nSPS) is 20.9. The van der Waals surface area contributed by atoms with Gasteiger partial charge in [0.1, 0.15) is 0 Å². The number of unbranched alkanes of at least 4 members (excludes halogenated alkanes) is 1. The van der Waals surface area contributed by atoms with Crippen molar-refractivity contribution in [2.75, 3.05) is 0 Å². The number of allylic oxidation sites excluding steroid dienone is 1. The number of hydrogen-bond donors (Lipinski definition) is 0. The van der Waals surface area contributed by atoms with Crippen LogP contribution >= 0.6 is 11.6 Å². The van der Waals surface area contributed by atoms with Gasteiger partial charge in [0, 0.05) is 11.6 Å². The van der Waals surface area contributed by atoms with Gasteiger partial charge in [0.05, 0.1) is 11.6 Å². The number of carbonyl (C=O) groups excluding carboxylic acids is 1. The Labute approximate surface area is 126 Å². The number of likely N-dealkylation sites (tertiary alicyclic amines) is 1. The van der Waals surface area contributed by atoms with E-state index >= 15 is 0 Å². The maximum Gasteiger partial charge on any atom is 0.253 e. The van der Waals surface area contributed by atoms with Crippen molar-refractivity contribution in [1.29, 1.82) is 0 Å². The zero-order chi connectivity index (χ0) is 14.5. The highest BCUT2D eigenvalue weighted by atomic mass is 35.5. The van der Waals surface area contributed by atoms with Crippen molar-refractivity contribution < 1.29 is 4.79 Å². The van der Waals surface area contributed by atoms with Gasteiger partial charge in [-0.15, -0.1) is 0 Å². The highest BCUT2D eigenvalue weighted by molar-refractivity contribution is 6.32. The van der Waals surface area contributed by atoms with Gasteiger partial charge in [-0.1, -0.05) is 62.2 Å². The summed E-state index contributed by atoms with van der Waals surface area (Å²) < 4.78 is 0. The summed E-state index contributed by atoms with van der Waals surface area (Å²) >= 11 is 6.33. The highest BCUT2D eigenvalue weighted by Crippen LogP contribution is 2.35. The minimum Gasteiger partial charge on any atom is -0.327 e. The summed E-state index contributed by atoms with van der Waals surface area (Å²) in [6.45, 7) is 4.93. The fourth-order valence-electron chi connectivity index (χ4n) is 2.68. The second-order valence-corrected chi connectivity index (χ2v) is 5.72. The molecule has 1 atom stereocenters. The molecule has 0 aliphatic carbocycles. The van der Waals surface area contributed by atoms with E-state index in [-0.39, 0.29) is 11.9 Å². The van der Waals surface area contributed by atoms with Crippen LogP contribution in [0.4, 0.5) is 0 Å². The molecule has 0 saturated carbocycles. The summed E-state index contributed by atoms with van der Waals surface area (Å²) in [7, 11) is 0. The molecule has 1 aliphatic rings. The Bertz CT molecular complexity index is 495. The third-order valence-corrected chi connectivity index (χ3v) is 4.22. The van der Waals surface area contributed by atoms with Crippen LogP contribution in [0, 0.1) is 0 Å². The molecule has 0 spiro atoms. The number of amides is 1. The molecule has 1 aromatic rings. The average molecular weight is 292 g/mol. The number of nitrogens with zero attached hydrogens (tertiary/aromatic N) is 1. The van der Waals surface area contributed by atoms with Crippen LogP contribution < -0.4 is 0 Å². The number of carbonyl (C=O) groups is 1. The van der Waals surface area contributed by atoms with Crippen LogP contribution in [-0.4, -0.2) is 16.8 Å². The molecular formula is C17H22ClNO. The summed E-state index contributed by atoms with van der Waals surface area (Å²) in [5.74, 6) is 0.113. The van der Waals surface area contributed by atoms with Crippen molar-refractivity contribution in [2.45, 2.75) is 52.1 Å². The first-order valence-corrected chi connectivity index (χ1v) is 7.80. The Hall–Kier alpha value is -1.28. The van der Waals surface area contributed by atoms with Gasteiger partial charge in [0.15, 0.2) is 0 Å². The van der Waals surface area contributed by atoms with Crippen molar-refractivity contribution in [3.63, 3.8) is 0 Å². The van der Waals surface area contributed by atoms with Crippen LogP contribution in [0.3, 0.4) is 0 Å². The summed E-state index contributed by atoms with van der Waals surface area (Å²) in [5.41, 5.74) is 2.02. The largest absolute Gasteiger partial charge is 0.327 e. The lowest BCUT2D eigenvalue weighted by Gasteiger charge is -2.43. The smallest absolute Gasteiger partial charge is 0.253 e. The molecule has 1 amide bonds. The van der Waals surface area contributed by atoms with Gasteiger partial charge in [0.25, 0.3) is 5.91 Å². The monoisotopic (exact) mass is 291 g/mol. The molecule has 2 rings (SSSR count). The molecule has 1 fully saturated rings. The van der Waals surface area contributed by atoms with Gasteiger partial charge in [0.2, 0.25) is 0 Å².